The van der Waals surface area contributed by atoms with Crippen LogP contribution in [0.2, 0.25) is 0 Å². The molecule has 1 unspecified atom stereocenters. The highest BCUT2D eigenvalue weighted by Gasteiger charge is 2.14. The van der Waals surface area contributed by atoms with Crippen LogP contribution in [0.1, 0.15) is 25.7 Å². The van der Waals surface area contributed by atoms with Gasteiger partial charge < -0.3 is 15.0 Å². The van der Waals surface area contributed by atoms with Crippen molar-refractivity contribution in [3.63, 3.8) is 0 Å². The topological polar surface area (TPSA) is 40.2 Å². The first-order valence-corrected chi connectivity index (χ1v) is 6.79. The van der Waals surface area contributed by atoms with Gasteiger partial charge in [0.1, 0.15) is 0 Å². The van der Waals surface area contributed by atoms with E-state index in [2.05, 4.69) is 22.9 Å². The number of hydrogen-bond donors (Lipinski definition) is 1. The number of para-hydroxylation sites is 1. The minimum Gasteiger partial charge on any atom is -0.397 e. The van der Waals surface area contributed by atoms with Gasteiger partial charge in [0, 0.05) is 24.7 Å². The molecule has 0 amide bonds. The maximum atomic E-state index is 6.05. The second-order valence-electron chi connectivity index (χ2n) is 5.07. The standard InChI is InChI=1S/C15H20N2O/c16-14-7-1-4-12-8-10-17(15(12)14)9-2-5-13-6-3-11-18-13/h1,4,7-8,10,13H,2-3,5-6,9,11,16H2. The number of fused-ring (bicyclic) bond motifs is 1. The molecule has 2 N–H and O–H groups in total. The Morgan fingerprint density at radius 1 is 1.33 bits per heavy atom. The number of hydrogen-bond acceptors (Lipinski definition) is 2. The third-order valence-electron chi connectivity index (χ3n) is 3.77. The first-order valence-electron chi connectivity index (χ1n) is 6.79. The van der Waals surface area contributed by atoms with Crippen LogP contribution in [-0.4, -0.2) is 17.3 Å². The fraction of sp³-hybridized carbons (Fsp3) is 0.467. The van der Waals surface area contributed by atoms with Crippen molar-refractivity contribution in [2.75, 3.05) is 12.3 Å². The zero-order valence-electron chi connectivity index (χ0n) is 10.6. The highest BCUT2D eigenvalue weighted by Crippen LogP contribution is 2.23. The lowest BCUT2D eigenvalue weighted by atomic mass is 10.1. The van der Waals surface area contributed by atoms with E-state index >= 15 is 0 Å². The zero-order chi connectivity index (χ0) is 12.4. The van der Waals surface area contributed by atoms with Crippen molar-refractivity contribution in [1.29, 1.82) is 0 Å². The van der Waals surface area contributed by atoms with Crippen LogP contribution in [0.3, 0.4) is 0 Å². The number of nitrogens with two attached hydrogens (primary N) is 1. The Hall–Kier alpha value is -1.48. The molecule has 0 saturated carbocycles. The molecule has 0 bridgehead atoms. The predicted molar refractivity (Wildman–Crippen MR) is 74.6 cm³/mol. The van der Waals surface area contributed by atoms with Gasteiger partial charge in [-0.25, -0.2) is 0 Å². The van der Waals surface area contributed by atoms with Crippen LogP contribution in [0, 0.1) is 0 Å². The van der Waals surface area contributed by atoms with E-state index in [1.54, 1.807) is 0 Å². The van der Waals surface area contributed by atoms with E-state index in [4.69, 9.17) is 10.5 Å². The summed E-state index contributed by atoms with van der Waals surface area (Å²) >= 11 is 0. The largest absolute Gasteiger partial charge is 0.397 e. The fourth-order valence-electron chi connectivity index (χ4n) is 2.84. The summed E-state index contributed by atoms with van der Waals surface area (Å²) in [5.41, 5.74) is 8.09. The Bertz CT molecular complexity index is 526. The van der Waals surface area contributed by atoms with Gasteiger partial charge in [-0.05, 0) is 37.8 Å². The van der Waals surface area contributed by atoms with Crippen LogP contribution in [0.4, 0.5) is 5.69 Å². The summed E-state index contributed by atoms with van der Waals surface area (Å²) < 4.78 is 7.91. The number of rotatable bonds is 4. The van der Waals surface area contributed by atoms with Crippen molar-refractivity contribution in [1.82, 2.24) is 4.57 Å². The van der Waals surface area contributed by atoms with E-state index in [1.165, 1.54) is 23.7 Å². The van der Waals surface area contributed by atoms with Crippen LogP contribution in [-0.2, 0) is 11.3 Å². The van der Waals surface area contributed by atoms with Crippen molar-refractivity contribution >= 4 is 16.6 Å². The molecule has 3 rings (SSSR count). The third kappa shape index (κ3) is 2.23. The van der Waals surface area contributed by atoms with Crippen molar-refractivity contribution in [3.8, 4) is 0 Å². The molecule has 3 nitrogen and oxygen atoms in total. The number of nitrogen functional groups attached to an aromatic ring is 1. The molecule has 1 aliphatic rings. The Labute approximate surface area is 108 Å². The summed E-state index contributed by atoms with van der Waals surface area (Å²) in [6.45, 7) is 1.97. The molecule has 1 saturated heterocycles. The van der Waals surface area contributed by atoms with Gasteiger partial charge in [-0.2, -0.15) is 0 Å². The highest BCUT2D eigenvalue weighted by atomic mass is 16.5. The normalized spacial score (nSPS) is 19.7. The van der Waals surface area contributed by atoms with Crippen molar-refractivity contribution in [3.05, 3.63) is 30.5 Å². The van der Waals surface area contributed by atoms with E-state index < -0.39 is 0 Å². The molecule has 1 fully saturated rings. The maximum absolute atomic E-state index is 6.05. The zero-order valence-corrected chi connectivity index (χ0v) is 10.6. The second kappa shape index (κ2) is 5.02. The maximum Gasteiger partial charge on any atom is 0.0713 e. The quantitative estimate of drug-likeness (QED) is 0.839. The number of aromatic nitrogens is 1. The summed E-state index contributed by atoms with van der Waals surface area (Å²) in [5, 5.41) is 1.23. The number of nitrogens with zero attached hydrogens (tertiary/aromatic N) is 1. The molecule has 2 heterocycles. The molecular weight excluding hydrogens is 224 g/mol. The van der Waals surface area contributed by atoms with E-state index in [-0.39, 0.29) is 0 Å². The number of anilines is 1. The molecule has 0 radical (unpaired) electrons. The Morgan fingerprint density at radius 2 is 2.28 bits per heavy atom. The lowest BCUT2D eigenvalue weighted by molar-refractivity contribution is 0.101. The molecule has 1 aromatic carbocycles. The first-order chi connectivity index (χ1) is 8.84. The number of aryl methyl sites for hydroxylation is 1. The van der Waals surface area contributed by atoms with Crippen LogP contribution in [0.15, 0.2) is 30.5 Å². The van der Waals surface area contributed by atoms with E-state index in [1.807, 2.05) is 12.1 Å². The van der Waals surface area contributed by atoms with E-state index in [0.717, 1.165) is 31.7 Å². The molecule has 1 atom stereocenters. The highest BCUT2D eigenvalue weighted by molar-refractivity contribution is 5.90. The van der Waals surface area contributed by atoms with Gasteiger partial charge in [-0.15, -0.1) is 0 Å². The summed E-state index contributed by atoms with van der Waals surface area (Å²) in [4.78, 5) is 0. The summed E-state index contributed by atoms with van der Waals surface area (Å²) in [5.74, 6) is 0. The van der Waals surface area contributed by atoms with Gasteiger partial charge in [0.15, 0.2) is 0 Å². The monoisotopic (exact) mass is 244 g/mol. The summed E-state index contributed by atoms with van der Waals surface area (Å²) in [6.07, 6.45) is 7.40. The first kappa shape index (κ1) is 11.6. The van der Waals surface area contributed by atoms with E-state index in [0.29, 0.717) is 6.10 Å². The Kier molecular flexibility index (Phi) is 3.24. The van der Waals surface area contributed by atoms with Crippen LogP contribution >= 0.6 is 0 Å². The lowest BCUT2D eigenvalue weighted by Crippen LogP contribution is -2.07. The molecule has 18 heavy (non-hydrogen) atoms. The lowest BCUT2D eigenvalue weighted by Gasteiger charge is -2.11. The second-order valence-corrected chi connectivity index (χ2v) is 5.07. The van der Waals surface area contributed by atoms with Crippen LogP contribution in [0.25, 0.3) is 10.9 Å². The molecule has 2 aromatic rings. The Balaban J connectivity index is 1.67. The third-order valence-corrected chi connectivity index (χ3v) is 3.77. The van der Waals surface area contributed by atoms with Crippen LogP contribution in [0.5, 0.6) is 0 Å². The molecule has 1 aromatic heterocycles. The van der Waals surface area contributed by atoms with Crippen LogP contribution < -0.4 is 5.73 Å². The summed E-state index contributed by atoms with van der Waals surface area (Å²) in [6, 6.07) is 8.23. The van der Waals surface area contributed by atoms with Crippen molar-refractivity contribution < 1.29 is 4.74 Å². The molecule has 3 heteroatoms. The van der Waals surface area contributed by atoms with E-state index in [9.17, 15) is 0 Å². The summed E-state index contributed by atoms with van der Waals surface area (Å²) in [7, 11) is 0. The van der Waals surface area contributed by atoms with Gasteiger partial charge in [0.25, 0.3) is 0 Å². The Morgan fingerprint density at radius 3 is 3.11 bits per heavy atom. The van der Waals surface area contributed by atoms with Gasteiger partial charge in [0.05, 0.1) is 17.3 Å². The molecule has 96 valence electrons. The number of ether oxygens (including phenoxy) is 1. The SMILES string of the molecule is Nc1cccc2ccn(CCCC3CCCO3)c12. The van der Waals surface area contributed by atoms with Gasteiger partial charge in [-0.3, -0.25) is 0 Å². The fourth-order valence-corrected chi connectivity index (χ4v) is 2.84. The minimum absolute atomic E-state index is 0.490. The smallest absolute Gasteiger partial charge is 0.0713 e. The van der Waals surface area contributed by atoms with Gasteiger partial charge >= 0.3 is 0 Å². The van der Waals surface area contributed by atoms with Gasteiger partial charge in [-0.1, -0.05) is 12.1 Å². The van der Waals surface area contributed by atoms with Gasteiger partial charge in [0.2, 0.25) is 0 Å². The molecule has 0 spiro atoms. The average Bonchev–Trinajstić information content (AvgIpc) is 3.00. The minimum atomic E-state index is 0.490. The number of benzene rings is 1. The van der Waals surface area contributed by atoms with Crippen molar-refractivity contribution in [2.45, 2.75) is 38.3 Å². The molecule has 0 aliphatic carbocycles. The molecular formula is C15H20N2O. The van der Waals surface area contributed by atoms with Crippen molar-refractivity contribution in [2.24, 2.45) is 0 Å². The average molecular weight is 244 g/mol. The molecule has 1 aliphatic heterocycles. The predicted octanol–water partition coefficient (Wildman–Crippen LogP) is 3.18.